The van der Waals surface area contributed by atoms with Crippen LogP contribution >= 0.6 is 0 Å². The number of carboxylic acids is 1. The van der Waals surface area contributed by atoms with Crippen LogP contribution in [0.1, 0.15) is 38.7 Å². The topological polar surface area (TPSA) is 154 Å². The molecule has 0 radical (unpaired) electrons. The number of phenols is 1. The molecule has 192 valence electrons. The Balaban J connectivity index is 2.21. The smallest absolute Gasteiger partial charge is 0.305 e. The number of aliphatic carboxylic acids is 1. The summed E-state index contributed by atoms with van der Waals surface area (Å²) in [5.74, 6) is -2.09. The second-order valence-corrected chi connectivity index (χ2v) is 8.61. The van der Waals surface area contributed by atoms with Crippen molar-refractivity contribution in [2.45, 2.75) is 51.2 Å². The number of carbonyl (C=O) groups excluding carboxylic acids is 3. The van der Waals surface area contributed by atoms with Gasteiger partial charge in [-0.2, -0.15) is 0 Å². The fourth-order valence-corrected chi connectivity index (χ4v) is 3.93. The lowest BCUT2D eigenvalue weighted by Crippen LogP contribution is -2.55. The largest absolute Gasteiger partial charge is 0.502 e. The maximum absolute atomic E-state index is 13.5. The number of nitrogens with zero attached hydrogens (tertiary/aromatic N) is 1. The van der Waals surface area contributed by atoms with Gasteiger partial charge in [0.2, 0.25) is 17.6 Å². The molecular formula is C24H33N3O8. The molecule has 3 atom stereocenters. The van der Waals surface area contributed by atoms with Gasteiger partial charge >= 0.3 is 5.97 Å². The van der Waals surface area contributed by atoms with E-state index in [4.69, 9.17) is 14.6 Å². The third-order valence-corrected chi connectivity index (χ3v) is 5.82. The maximum Gasteiger partial charge on any atom is 0.305 e. The predicted octanol–water partition coefficient (Wildman–Crippen LogP) is 1.14. The van der Waals surface area contributed by atoms with Gasteiger partial charge in [0.15, 0.2) is 11.5 Å². The molecule has 11 heteroatoms. The summed E-state index contributed by atoms with van der Waals surface area (Å²) in [5, 5.41) is 24.6. The number of phenolic OH excluding ortho intramolecular Hbond substituents is 1. The average molecular weight is 492 g/mol. The van der Waals surface area contributed by atoms with Crippen molar-refractivity contribution in [3.05, 3.63) is 24.3 Å². The van der Waals surface area contributed by atoms with Crippen LogP contribution in [0.25, 0.3) is 5.70 Å². The second-order valence-electron chi connectivity index (χ2n) is 8.61. The average Bonchev–Trinajstić information content (AvgIpc) is 3.31. The van der Waals surface area contributed by atoms with E-state index < -0.39 is 36.4 Å². The van der Waals surface area contributed by atoms with Crippen molar-refractivity contribution in [3.63, 3.8) is 0 Å². The first-order chi connectivity index (χ1) is 16.5. The highest BCUT2D eigenvalue weighted by Crippen LogP contribution is 2.38. The molecule has 0 bridgehead atoms. The zero-order valence-electron chi connectivity index (χ0n) is 20.4. The van der Waals surface area contributed by atoms with Crippen LogP contribution in [0.15, 0.2) is 18.7 Å². The van der Waals surface area contributed by atoms with Gasteiger partial charge in [0, 0.05) is 17.8 Å². The lowest BCUT2D eigenvalue weighted by molar-refractivity contribution is -0.142. The minimum absolute atomic E-state index is 0.162. The van der Waals surface area contributed by atoms with Crippen molar-refractivity contribution in [1.29, 1.82) is 0 Å². The number of rotatable bonds is 12. The Kier molecular flexibility index (Phi) is 9.50. The monoisotopic (exact) mass is 491 g/mol. The molecule has 0 spiro atoms. The number of benzene rings is 1. The number of aldehydes is 1. The van der Waals surface area contributed by atoms with Crippen LogP contribution in [0.2, 0.25) is 0 Å². The summed E-state index contributed by atoms with van der Waals surface area (Å²) < 4.78 is 10.4. The summed E-state index contributed by atoms with van der Waals surface area (Å²) in [6, 6.07) is 0.397. The normalized spacial score (nSPS) is 16.8. The minimum Gasteiger partial charge on any atom is -0.502 e. The van der Waals surface area contributed by atoms with Crippen LogP contribution in [0.5, 0.6) is 17.2 Å². The van der Waals surface area contributed by atoms with E-state index in [9.17, 15) is 24.3 Å². The highest BCUT2D eigenvalue weighted by atomic mass is 16.5. The van der Waals surface area contributed by atoms with E-state index in [-0.39, 0.29) is 29.1 Å². The van der Waals surface area contributed by atoms with Crippen molar-refractivity contribution in [2.75, 3.05) is 20.8 Å². The molecule has 1 aliphatic heterocycles. The fourth-order valence-electron chi connectivity index (χ4n) is 3.93. The fraction of sp³-hybridized carbons (Fsp3) is 0.500. The van der Waals surface area contributed by atoms with E-state index in [2.05, 4.69) is 17.2 Å². The molecule has 2 amide bonds. The Bertz CT molecular complexity index is 953. The molecule has 1 aromatic rings. The van der Waals surface area contributed by atoms with Crippen LogP contribution in [0.4, 0.5) is 0 Å². The van der Waals surface area contributed by atoms with Gasteiger partial charge in [-0.3, -0.25) is 14.4 Å². The summed E-state index contributed by atoms with van der Waals surface area (Å²) in [6.45, 7) is 8.06. The number of likely N-dealkylation sites (tertiary alicyclic amines) is 1. The van der Waals surface area contributed by atoms with E-state index >= 15 is 0 Å². The summed E-state index contributed by atoms with van der Waals surface area (Å²) >= 11 is 0. The third-order valence-electron chi connectivity index (χ3n) is 5.82. The van der Waals surface area contributed by atoms with Crippen molar-refractivity contribution < 1.29 is 38.9 Å². The van der Waals surface area contributed by atoms with Gasteiger partial charge in [0.1, 0.15) is 18.4 Å². The number of hydrogen-bond donors (Lipinski definition) is 4. The molecule has 1 aliphatic rings. The number of nitrogens with one attached hydrogen (secondary N) is 2. The Morgan fingerprint density at radius 3 is 2.29 bits per heavy atom. The Morgan fingerprint density at radius 1 is 1.20 bits per heavy atom. The van der Waals surface area contributed by atoms with Crippen LogP contribution in [0, 0.1) is 5.92 Å². The molecule has 1 fully saturated rings. The first kappa shape index (κ1) is 27.5. The number of carbonyl (C=O) groups is 4. The molecular weight excluding hydrogens is 458 g/mol. The molecule has 0 saturated carbocycles. The summed E-state index contributed by atoms with van der Waals surface area (Å²) in [4.78, 5) is 49.8. The zero-order valence-corrected chi connectivity index (χ0v) is 20.4. The summed E-state index contributed by atoms with van der Waals surface area (Å²) in [7, 11) is 2.80. The number of aromatic hydroxyl groups is 1. The van der Waals surface area contributed by atoms with Crippen molar-refractivity contribution in [2.24, 2.45) is 5.92 Å². The molecule has 1 unspecified atom stereocenters. The third kappa shape index (κ3) is 6.65. The molecule has 2 rings (SSSR count). The number of carboxylic acid groups (broad SMARTS) is 1. The van der Waals surface area contributed by atoms with Crippen LogP contribution in [-0.4, -0.2) is 78.1 Å². The number of methoxy groups -OCH3 is 2. The van der Waals surface area contributed by atoms with Gasteiger partial charge in [0.25, 0.3) is 0 Å². The van der Waals surface area contributed by atoms with E-state index in [1.807, 2.05) is 13.8 Å². The van der Waals surface area contributed by atoms with Crippen molar-refractivity contribution in [3.8, 4) is 17.2 Å². The molecule has 4 N–H and O–H groups in total. The van der Waals surface area contributed by atoms with Crippen LogP contribution in [-0.2, 0) is 19.2 Å². The highest BCUT2D eigenvalue weighted by Gasteiger charge is 2.39. The molecule has 11 nitrogen and oxygen atoms in total. The summed E-state index contributed by atoms with van der Waals surface area (Å²) in [6.07, 6.45) is 0.822. The zero-order chi connectivity index (χ0) is 26.3. The van der Waals surface area contributed by atoms with Crippen molar-refractivity contribution in [1.82, 2.24) is 15.5 Å². The lowest BCUT2D eigenvalue weighted by Gasteiger charge is -2.32. The van der Waals surface area contributed by atoms with Crippen LogP contribution in [0.3, 0.4) is 0 Å². The minimum atomic E-state index is -1.22. The quantitative estimate of drug-likeness (QED) is 0.315. The van der Waals surface area contributed by atoms with Gasteiger partial charge in [-0.05, 0) is 30.9 Å². The van der Waals surface area contributed by atoms with Gasteiger partial charge < -0.3 is 40.0 Å². The predicted molar refractivity (Wildman–Crippen MR) is 127 cm³/mol. The second kappa shape index (κ2) is 12.1. The Hall–Kier alpha value is -3.76. The molecule has 1 saturated heterocycles. The molecule has 35 heavy (non-hydrogen) atoms. The van der Waals surface area contributed by atoms with Gasteiger partial charge in [-0.15, -0.1) is 0 Å². The SMILES string of the molecule is C=C(N[C@H](C(=O)N1CCCC1C(=O)N[C@H](C=O)CC(=O)O)C(C)C)c1cc(OC)c(O)c(OC)c1. The Labute approximate surface area is 204 Å². The van der Waals surface area contributed by atoms with E-state index in [1.54, 1.807) is 12.1 Å². The van der Waals surface area contributed by atoms with E-state index in [0.717, 1.165) is 0 Å². The molecule has 0 aliphatic carbocycles. The first-order valence-electron chi connectivity index (χ1n) is 11.2. The first-order valence-corrected chi connectivity index (χ1v) is 11.2. The maximum atomic E-state index is 13.5. The van der Waals surface area contributed by atoms with E-state index in [1.165, 1.54) is 19.1 Å². The van der Waals surface area contributed by atoms with Gasteiger partial charge in [0.05, 0.1) is 26.7 Å². The lowest BCUT2D eigenvalue weighted by atomic mass is 10.0. The molecule has 1 aromatic carbocycles. The highest BCUT2D eigenvalue weighted by molar-refractivity contribution is 5.92. The van der Waals surface area contributed by atoms with Gasteiger partial charge in [-0.25, -0.2) is 0 Å². The van der Waals surface area contributed by atoms with Crippen molar-refractivity contribution >= 4 is 29.8 Å². The Morgan fingerprint density at radius 2 is 1.80 bits per heavy atom. The molecule has 1 heterocycles. The summed E-state index contributed by atoms with van der Waals surface area (Å²) in [5.41, 5.74) is 0.921. The van der Waals surface area contributed by atoms with Gasteiger partial charge in [-0.1, -0.05) is 20.4 Å². The molecule has 0 aromatic heterocycles. The van der Waals surface area contributed by atoms with E-state index in [0.29, 0.717) is 36.9 Å². The van der Waals surface area contributed by atoms with Crippen LogP contribution < -0.4 is 20.1 Å². The number of ether oxygens (including phenoxy) is 2. The standard InChI is InChI=1S/C24H33N3O8/c1-13(2)21(25-14(3)15-9-18(34-4)22(31)19(10-15)35-5)24(33)27-8-6-7-17(27)23(32)26-16(12-28)11-20(29)30/h9-10,12-13,16-17,21,25,31H,3,6-8,11H2,1-2,4-5H3,(H,26,32)(H,29,30)/t16-,17?,21-/m0/s1. The number of amides is 2. The number of hydrogen-bond acceptors (Lipinski definition) is 8.